The minimum Gasteiger partial charge on any atom is -0.496 e. The lowest BCUT2D eigenvalue weighted by atomic mass is 9.85. The number of ether oxygens (including phenoxy) is 1. The standard InChI is InChI=1S/C16H24ClNO2/c1-16(2,3)14(9-10-17)18-15(19)11-12-7-5-6-8-13(12)20-4/h5-8,14H,9-11H2,1-4H3,(H,18,19). The van der Waals surface area contributed by atoms with E-state index in [2.05, 4.69) is 26.1 Å². The predicted molar refractivity (Wildman–Crippen MR) is 83.4 cm³/mol. The molecule has 1 atom stereocenters. The molecular weight excluding hydrogens is 274 g/mol. The summed E-state index contributed by atoms with van der Waals surface area (Å²) >= 11 is 5.82. The molecule has 0 spiro atoms. The highest BCUT2D eigenvalue weighted by atomic mass is 35.5. The Morgan fingerprint density at radius 2 is 2.00 bits per heavy atom. The smallest absolute Gasteiger partial charge is 0.224 e. The van der Waals surface area contributed by atoms with E-state index in [0.717, 1.165) is 17.7 Å². The maximum Gasteiger partial charge on any atom is 0.224 e. The minimum absolute atomic E-state index is 0.000424. The maximum atomic E-state index is 12.2. The number of nitrogens with one attached hydrogen (secondary N) is 1. The zero-order valence-corrected chi connectivity index (χ0v) is 13.5. The van der Waals surface area contributed by atoms with E-state index in [1.54, 1.807) is 7.11 Å². The molecular formula is C16H24ClNO2. The first-order valence-corrected chi connectivity index (χ1v) is 7.39. The summed E-state index contributed by atoms with van der Waals surface area (Å²) in [4.78, 5) is 12.2. The van der Waals surface area contributed by atoms with Crippen LogP contribution in [0.5, 0.6) is 5.75 Å². The zero-order valence-electron chi connectivity index (χ0n) is 12.7. The third kappa shape index (κ3) is 5.04. The second kappa shape index (κ2) is 7.53. The van der Waals surface area contributed by atoms with Gasteiger partial charge in [0.15, 0.2) is 0 Å². The molecule has 0 heterocycles. The summed E-state index contributed by atoms with van der Waals surface area (Å²) in [5, 5.41) is 3.08. The van der Waals surface area contributed by atoms with Crippen molar-refractivity contribution in [3.05, 3.63) is 29.8 Å². The first-order chi connectivity index (χ1) is 9.38. The van der Waals surface area contributed by atoms with Gasteiger partial charge in [-0.05, 0) is 17.9 Å². The van der Waals surface area contributed by atoms with Crippen molar-refractivity contribution in [2.45, 2.75) is 39.7 Å². The highest BCUT2D eigenvalue weighted by molar-refractivity contribution is 6.17. The number of halogens is 1. The SMILES string of the molecule is COc1ccccc1CC(=O)NC(CCCl)C(C)(C)C. The summed E-state index contributed by atoms with van der Waals surface area (Å²) < 4.78 is 5.26. The third-order valence-corrected chi connectivity index (χ3v) is 3.54. The number of carbonyl (C=O) groups excluding carboxylic acids is 1. The monoisotopic (exact) mass is 297 g/mol. The van der Waals surface area contributed by atoms with Gasteiger partial charge in [-0.15, -0.1) is 11.6 Å². The predicted octanol–water partition coefficient (Wildman–Crippen LogP) is 3.40. The van der Waals surface area contributed by atoms with E-state index in [4.69, 9.17) is 16.3 Å². The van der Waals surface area contributed by atoms with Crippen LogP contribution in [0.2, 0.25) is 0 Å². The Kier molecular flexibility index (Phi) is 6.34. The Hall–Kier alpha value is -1.22. The van der Waals surface area contributed by atoms with Crippen molar-refractivity contribution in [1.29, 1.82) is 0 Å². The van der Waals surface area contributed by atoms with E-state index in [9.17, 15) is 4.79 Å². The lowest BCUT2D eigenvalue weighted by Gasteiger charge is -2.31. The summed E-state index contributed by atoms with van der Waals surface area (Å²) in [6, 6.07) is 7.65. The molecule has 0 radical (unpaired) electrons. The van der Waals surface area contributed by atoms with Crippen LogP contribution < -0.4 is 10.1 Å². The first kappa shape index (κ1) is 16.8. The fourth-order valence-electron chi connectivity index (χ4n) is 2.10. The van der Waals surface area contributed by atoms with Gasteiger partial charge in [0.05, 0.1) is 13.5 Å². The van der Waals surface area contributed by atoms with Crippen molar-refractivity contribution in [1.82, 2.24) is 5.32 Å². The molecule has 1 rings (SSSR count). The van der Waals surface area contributed by atoms with Gasteiger partial charge in [0, 0.05) is 17.5 Å². The molecule has 1 aromatic carbocycles. The number of carbonyl (C=O) groups is 1. The summed E-state index contributed by atoms with van der Waals surface area (Å²) in [6.07, 6.45) is 1.08. The van der Waals surface area contributed by atoms with Crippen LogP contribution in [0.4, 0.5) is 0 Å². The quantitative estimate of drug-likeness (QED) is 0.817. The fraction of sp³-hybridized carbons (Fsp3) is 0.562. The molecule has 0 saturated carbocycles. The Labute approximate surface area is 126 Å². The van der Waals surface area contributed by atoms with Crippen LogP contribution >= 0.6 is 11.6 Å². The summed E-state index contributed by atoms with van der Waals surface area (Å²) in [5.74, 6) is 1.28. The van der Waals surface area contributed by atoms with Gasteiger partial charge in [-0.2, -0.15) is 0 Å². The molecule has 0 aromatic heterocycles. The molecule has 1 aromatic rings. The lowest BCUT2D eigenvalue weighted by Crippen LogP contribution is -2.44. The first-order valence-electron chi connectivity index (χ1n) is 6.85. The number of benzene rings is 1. The van der Waals surface area contributed by atoms with E-state index in [1.165, 1.54) is 0 Å². The molecule has 0 bridgehead atoms. The highest BCUT2D eigenvalue weighted by Crippen LogP contribution is 2.23. The molecule has 0 aliphatic carbocycles. The van der Waals surface area contributed by atoms with Crippen molar-refractivity contribution in [3.8, 4) is 5.75 Å². The van der Waals surface area contributed by atoms with Crippen LogP contribution in [-0.2, 0) is 11.2 Å². The van der Waals surface area contributed by atoms with Gasteiger partial charge >= 0.3 is 0 Å². The number of methoxy groups -OCH3 is 1. The Morgan fingerprint density at radius 1 is 1.35 bits per heavy atom. The number of hydrogen-bond acceptors (Lipinski definition) is 2. The minimum atomic E-state index is -0.00861. The third-order valence-electron chi connectivity index (χ3n) is 3.32. The molecule has 1 amide bonds. The van der Waals surface area contributed by atoms with Gasteiger partial charge in [-0.25, -0.2) is 0 Å². The van der Waals surface area contributed by atoms with E-state index in [0.29, 0.717) is 12.3 Å². The van der Waals surface area contributed by atoms with Gasteiger partial charge in [-0.1, -0.05) is 39.0 Å². The van der Waals surface area contributed by atoms with E-state index < -0.39 is 0 Å². The molecule has 112 valence electrons. The number of rotatable bonds is 6. The van der Waals surface area contributed by atoms with Crippen molar-refractivity contribution >= 4 is 17.5 Å². The summed E-state index contributed by atoms with van der Waals surface area (Å²) in [6.45, 7) is 6.31. The molecule has 0 aliphatic rings. The Balaban J connectivity index is 2.71. The molecule has 1 unspecified atom stereocenters. The number of para-hydroxylation sites is 1. The van der Waals surface area contributed by atoms with E-state index in [1.807, 2.05) is 24.3 Å². The van der Waals surface area contributed by atoms with Crippen molar-refractivity contribution in [2.24, 2.45) is 5.41 Å². The molecule has 0 saturated heterocycles. The molecule has 3 nitrogen and oxygen atoms in total. The zero-order chi connectivity index (χ0) is 15.2. The Bertz CT molecular complexity index is 440. The summed E-state index contributed by atoms with van der Waals surface area (Å²) in [5.41, 5.74) is 0.886. The van der Waals surface area contributed by atoms with Crippen LogP contribution in [0.25, 0.3) is 0 Å². The lowest BCUT2D eigenvalue weighted by molar-refractivity contribution is -0.121. The highest BCUT2D eigenvalue weighted by Gasteiger charge is 2.25. The fourth-order valence-corrected chi connectivity index (χ4v) is 2.32. The molecule has 20 heavy (non-hydrogen) atoms. The average molecular weight is 298 g/mol. The van der Waals surface area contributed by atoms with Crippen LogP contribution in [-0.4, -0.2) is 24.9 Å². The van der Waals surface area contributed by atoms with Crippen LogP contribution in [0.3, 0.4) is 0 Å². The van der Waals surface area contributed by atoms with Crippen LogP contribution in [0.15, 0.2) is 24.3 Å². The second-order valence-electron chi connectivity index (χ2n) is 5.95. The molecule has 0 aliphatic heterocycles. The number of amides is 1. The van der Waals surface area contributed by atoms with Gasteiger partial charge in [-0.3, -0.25) is 4.79 Å². The topological polar surface area (TPSA) is 38.3 Å². The largest absolute Gasteiger partial charge is 0.496 e. The van der Waals surface area contributed by atoms with Gasteiger partial charge in [0.1, 0.15) is 5.75 Å². The van der Waals surface area contributed by atoms with Crippen LogP contribution in [0, 0.1) is 5.41 Å². The van der Waals surface area contributed by atoms with Gasteiger partial charge in [0.2, 0.25) is 5.91 Å². The normalized spacial score (nSPS) is 12.8. The van der Waals surface area contributed by atoms with Crippen LogP contribution in [0.1, 0.15) is 32.8 Å². The van der Waals surface area contributed by atoms with E-state index in [-0.39, 0.29) is 17.4 Å². The van der Waals surface area contributed by atoms with Gasteiger partial charge < -0.3 is 10.1 Å². The molecule has 4 heteroatoms. The van der Waals surface area contributed by atoms with Crippen molar-refractivity contribution in [3.63, 3.8) is 0 Å². The maximum absolute atomic E-state index is 12.2. The van der Waals surface area contributed by atoms with Crippen molar-refractivity contribution < 1.29 is 9.53 Å². The second-order valence-corrected chi connectivity index (χ2v) is 6.33. The van der Waals surface area contributed by atoms with E-state index >= 15 is 0 Å². The Morgan fingerprint density at radius 3 is 2.55 bits per heavy atom. The molecule has 1 N–H and O–H groups in total. The molecule has 0 fully saturated rings. The summed E-state index contributed by atoms with van der Waals surface area (Å²) in [7, 11) is 1.61. The van der Waals surface area contributed by atoms with Crippen molar-refractivity contribution in [2.75, 3.05) is 13.0 Å². The average Bonchev–Trinajstić information content (AvgIpc) is 2.37. The number of hydrogen-bond donors (Lipinski definition) is 1. The number of alkyl halides is 1. The van der Waals surface area contributed by atoms with Gasteiger partial charge in [0.25, 0.3) is 0 Å².